The molecular weight excluding hydrogens is 264 g/mol. The van der Waals surface area contributed by atoms with Crippen LogP contribution in [-0.2, 0) is 9.53 Å². The lowest BCUT2D eigenvalue weighted by molar-refractivity contribution is -0.147. The SMILES string of the molecule is CC(=O)OC1(C)CC1(Br)Br. The van der Waals surface area contributed by atoms with Gasteiger partial charge in [-0.05, 0) is 6.92 Å². The van der Waals surface area contributed by atoms with Crippen LogP contribution in [0.3, 0.4) is 0 Å². The number of carbonyl (C=O) groups is 1. The van der Waals surface area contributed by atoms with Gasteiger partial charge in [0.05, 0.1) is 0 Å². The number of rotatable bonds is 1. The number of carbonyl (C=O) groups excluding carboxylic acids is 1. The maximum Gasteiger partial charge on any atom is 0.303 e. The van der Waals surface area contributed by atoms with E-state index >= 15 is 0 Å². The molecule has 0 aromatic heterocycles. The van der Waals surface area contributed by atoms with Gasteiger partial charge in [0.25, 0.3) is 0 Å². The Hall–Kier alpha value is 0.430. The highest BCUT2D eigenvalue weighted by Gasteiger charge is 2.65. The lowest BCUT2D eigenvalue weighted by Gasteiger charge is -2.11. The number of esters is 1. The van der Waals surface area contributed by atoms with Crippen molar-refractivity contribution in [3.05, 3.63) is 0 Å². The summed E-state index contributed by atoms with van der Waals surface area (Å²) in [5.74, 6) is -0.233. The topological polar surface area (TPSA) is 26.3 Å². The first-order chi connectivity index (χ1) is 4.37. The zero-order valence-electron chi connectivity index (χ0n) is 5.78. The predicted molar refractivity (Wildman–Crippen MR) is 45.4 cm³/mol. The average molecular weight is 272 g/mol. The Balaban J connectivity index is 2.52. The monoisotopic (exact) mass is 270 g/mol. The quantitative estimate of drug-likeness (QED) is 0.540. The third-order valence-corrected chi connectivity index (χ3v) is 3.82. The van der Waals surface area contributed by atoms with E-state index in [-0.39, 0.29) is 14.8 Å². The summed E-state index contributed by atoms with van der Waals surface area (Å²) in [6, 6.07) is 0. The van der Waals surface area contributed by atoms with E-state index in [1.54, 1.807) is 0 Å². The summed E-state index contributed by atoms with van der Waals surface area (Å²) >= 11 is 6.75. The van der Waals surface area contributed by atoms with Crippen LogP contribution in [0.4, 0.5) is 0 Å². The minimum absolute atomic E-state index is 0.182. The molecule has 0 bridgehead atoms. The molecule has 0 amide bonds. The number of hydrogen-bond donors (Lipinski definition) is 0. The Bertz CT molecular complexity index is 179. The summed E-state index contributed by atoms with van der Waals surface area (Å²) in [6.45, 7) is 3.30. The molecule has 0 N–H and O–H groups in total. The highest BCUT2D eigenvalue weighted by Crippen LogP contribution is 2.61. The van der Waals surface area contributed by atoms with Crippen molar-refractivity contribution in [1.82, 2.24) is 0 Å². The first-order valence-corrected chi connectivity index (χ1v) is 4.53. The van der Waals surface area contributed by atoms with Gasteiger partial charge in [0.15, 0.2) is 0 Å². The van der Waals surface area contributed by atoms with Crippen molar-refractivity contribution in [2.75, 3.05) is 0 Å². The summed E-state index contributed by atoms with van der Waals surface area (Å²) in [7, 11) is 0. The van der Waals surface area contributed by atoms with Gasteiger partial charge in [0, 0.05) is 13.3 Å². The second-order valence-corrected chi connectivity index (χ2v) is 6.48. The molecule has 0 aromatic rings. The lowest BCUT2D eigenvalue weighted by Crippen LogP contribution is -2.19. The molecule has 1 saturated carbocycles. The van der Waals surface area contributed by atoms with E-state index in [4.69, 9.17) is 4.74 Å². The van der Waals surface area contributed by atoms with Gasteiger partial charge in [0.2, 0.25) is 0 Å². The summed E-state index contributed by atoms with van der Waals surface area (Å²) in [4.78, 5) is 10.5. The molecule has 1 aliphatic rings. The Morgan fingerprint density at radius 3 is 2.10 bits per heavy atom. The molecule has 1 fully saturated rings. The lowest BCUT2D eigenvalue weighted by atomic mass is 10.4. The van der Waals surface area contributed by atoms with Gasteiger partial charge in [-0.1, -0.05) is 31.9 Å². The van der Waals surface area contributed by atoms with E-state index in [1.807, 2.05) is 6.92 Å². The number of halogens is 2. The molecule has 1 unspecified atom stereocenters. The van der Waals surface area contributed by atoms with E-state index in [9.17, 15) is 4.79 Å². The van der Waals surface area contributed by atoms with Crippen LogP contribution in [0.1, 0.15) is 20.3 Å². The summed E-state index contributed by atoms with van der Waals surface area (Å²) in [5.41, 5.74) is -0.348. The predicted octanol–water partition coefficient (Wildman–Crippen LogP) is 2.20. The summed E-state index contributed by atoms with van der Waals surface area (Å²) in [6.07, 6.45) is 0.819. The molecule has 0 aromatic carbocycles. The summed E-state index contributed by atoms with van der Waals surface area (Å²) < 4.78 is 4.85. The average Bonchev–Trinajstić information content (AvgIpc) is 2.01. The third-order valence-electron chi connectivity index (χ3n) is 1.58. The molecule has 2 nitrogen and oxygen atoms in total. The Labute approximate surface area is 76.6 Å². The smallest absolute Gasteiger partial charge is 0.303 e. The van der Waals surface area contributed by atoms with E-state index < -0.39 is 0 Å². The zero-order valence-corrected chi connectivity index (χ0v) is 8.95. The molecule has 58 valence electrons. The van der Waals surface area contributed by atoms with E-state index in [0.29, 0.717) is 0 Å². The molecule has 0 radical (unpaired) electrons. The van der Waals surface area contributed by atoms with Crippen molar-refractivity contribution in [2.45, 2.75) is 29.1 Å². The largest absolute Gasteiger partial charge is 0.457 e. The maximum atomic E-state index is 10.5. The van der Waals surface area contributed by atoms with Gasteiger partial charge in [-0.2, -0.15) is 0 Å². The van der Waals surface area contributed by atoms with Crippen molar-refractivity contribution >= 4 is 37.8 Å². The molecule has 4 heteroatoms. The van der Waals surface area contributed by atoms with Crippen LogP contribution < -0.4 is 0 Å². The standard InChI is InChI=1S/C6H8Br2O2/c1-4(9)10-5(2)3-6(5,7)8/h3H2,1-2H3. The fraction of sp³-hybridized carbons (Fsp3) is 0.833. The molecule has 1 rings (SSSR count). The van der Waals surface area contributed by atoms with Gasteiger partial charge < -0.3 is 4.74 Å². The van der Waals surface area contributed by atoms with E-state index in [1.165, 1.54) is 6.92 Å². The number of alkyl halides is 2. The van der Waals surface area contributed by atoms with Gasteiger partial charge in [-0.15, -0.1) is 0 Å². The molecule has 0 heterocycles. The van der Waals surface area contributed by atoms with E-state index in [0.717, 1.165) is 6.42 Å². The van der Waals surface area contributed by atoms with Gasteiger partial charge in [0.1, 0.15) is 8.83 Å². The van der Waals surface area contributed by atoms with Crippen LogP contribution in [0.25, 0.3) is 0 Å². The fourth-order valence-electron chi connectivity index (χ4n) is 0.807. The highest BCUT2D eigenvalue weighted by molar-refractivity contribution is 9.25. The van der Waals surface area contributed by atoms with Crippen molar-refractivity contribution < 1.29 is 9.53 Å². The summed E-state index contributed by atoms with van der Waals surface area (Å²) in [5, 5.41) is 0. The maximum absolute atomic E-state index is 10.5. The van der Waals surface area contributed by atoms with Gasteiger partial charge >= 0.3 is 5.97 Å². The first kappa shape index (κ1) is 8.53. The third kappa shape index (κ3) is 1.37. The molecule has 0 spiro atoms. The second-order valence-electron chi connectivity index (χ2n) is 2.71. The highest BCUT2D eigenvalue weighted by atomic mass is 79.9. The number of ether oxygens (including phenoxy) is 1. The van der Waals surface area contributed by atoms with Gasteiger partial charge in [-0.25, -0.2) is 0 Å². The van der Waals surface area contributed by atoms with Crippen LogP contribution in [0.15, 0.2) is 0 Å². The van der Waals surface area contributed by atoms with Gasteiger partial charge in [-0.3, -0.25) is 4.79 Å². The Morgan fingerprint density at radius 1 is 1.60 bits per heavy atom. The first-order valence-electron chi connectivity index (χ1n) is 2.95. The van der Waals surface area contributed by atoms with Crippen molar-refractivity contribution in [3.63, 3.8) is 0 Å². The van der Waals surface area contributed by atoms with E-state index in [2.05, 4.69) is 31.9 Å². The normalized spacial score (nSPS) is 35.2. The van der Waals surface area contributed by atoms with Crippen molar-refractivity contribution in [3.8, 4) is 0 Å². The minimum atomic E-state index is -0.348. The molecule has 1 aliphatic carbocycles. The molecule has 10 heavy (non-hydrogen) atoms. The molecule has 1 atom stereocenters. The van der Waals surface area contributed by atoms with Crippen molar-refractivity contribution in [1.29, 1.82) is 0 Å². The van der Waals surface area contributed by atoms with Crippen LogP contribution in [0.5, 0.6) is 0 Å². The van der Waals surface area contributed by atoms with Crippen molar-refractivity contribution in [2.24, 2.45) is 0 Å². The Morgan fingerprint density at radius 2 is 2.00 bits per heavy atom. The minimum Gasteiger partial charge on any atom is -0.457 e. The number of hydrogen-bond acceptors (Lipinski definition) is 2. The molecular formula is C6H8Br2O2. The van der Waals surface area contributed by atoms with Crippen LogP contribution in [0.2, 0.25) is 0 Å². The van der Waals surface area contributed by atoms with Crippen LogP contribution in [-0.4, -0.2) is 14.8 Å². The Kier molecular flexibility index (Phi) is 1.88. The molecule has 0 aliphatic heterocycles. The zero-order chi connectivity index (χ0) is 7.99. The molecule has 0 saturated heterocycles. The van der Waals surface area contributed by atoms with Crippen LogP contribution >= 0.6 is 31.9 Å². The fourth-order valence-corrected chi connectivity index (χ4v) is 2.04. The van der Waals surface area contributed by atoms with Crippen LogP contribution in [0, 0.1) is 0 Å². The second kappa shape index (κ2) is 2.21.